The van der Waals surface area contributed by atoms with Crippen molar-refractivity contribution in [1.29, 1.82) is 0 Å². The molecule has 44 heavy (non-hydrogen) atoms. The minimum atomic E-state index is -4.00. The highest BCUT2D eigenvalue weighted by atomic mass is 32.2. The third-order valence-electron chi connectivity index (χ3n) is 6.55. The highest BCUT2D eigenvalue weighted by molar-refractivity contribution is 7.93. The molecule has 12 nitrogen and oxygen atoms in total. The molecule has 0 saturated heterocycles. The summed E-state index contributed by atoms with van der Waals surface area (Å²) in [7, 11) is -7.95. The van der Waals surface area contributed by atoms with Gasteiger partial charge in [-0.3, -0.25) is 29.9 Å². The number of ether oxygens (including phenoxy) is 2. The Labute approximate surface area is 254 Å². The number of anilines is 2. The fraction of sp³-hybridized carbons (Fsp3) is 0.133. The number of amides is 2. The van der Waals surface area contributed by atoms with Crippen molar-refractivity contribution in [2.24, 2.45) is 0 Å². The van der Waals surface area contributed by atoms with Gasteiger partial charge >= 0.3 is 0 Å². The first-order valence-electron chi connectivity index (χ1n) is 13.2. The van der Waals surface area contributed by atoms with Crippen molar-refractivity contribution in [2.75, 3.05) is 22.7 Å². The summed E-state index contributed by atoms with van der Waals surface area (Å²) < 4.78 is 67.4. The number of rotatable bonds is 8. The van der Waals surface area contributed by atoms with E-state index in [9.17, 15) is 26.4 Å². The third kappa shape index (κ3) is 6.93. The number of nitrogens with one attached hydrogen (secondary N) is 4. The van der Waals surface area contributed by atoms with Crippen molar-refractivity contribution in [3.8, 4) is 11.5 Å². The van der Waals surface area contributed by atoms with E-state index in [4.69, 9.17) is 9.47 Å². The van der Waals surface area contributed by atoms with Gasteiger partial charge in [0.15, 0.2) is 11.5 Å². The number of carbonyl (C=O) groups excluding carboxylic acids is 2. The number of benzene rings is 4. The van der Waals surface area contributed by atoms with Crippen LogP contribution in [0.2, 0.25) is 0 Å². The van der Waals surface area contributed by atoms with Gasteiger partial charge in [-0.1, -0.05) is 23.8 Å². The molecule has 1 aliphatic heterocycles. The SMILES string of the molecule is Cc1ccc(NS(=O)(=O)c2cccc(C(=O)NNC(=O)c3ccc(NS(=O)(=O)c4ccc5c(c4)OCCO5)cc3)c2)c(C)c1. The zero-order chi connectivity index (χ0) is 31.5. The van der Waals surface area contributed by atoms with E-state index in [0.717, 1.165) is 11.1 Å². The van der Waals surface area contributed by atoms with E-state index >= 15 is 0 Å². The normalized spacial score (nSPS) is 12.6. The number of aryl methyl sites for hydroxylation is 2. The van der Waals surface area contributed by atoms with Crippen LogP contribution in [0.4, 0.5) is 11.4 Å². The Morgan fingerprint density at radius 2 is 1.27 bits per heavy atom. The van der Waals surface area contributed by atoms with Gasteiger partial charge in [0.2, 0.25) is 0 Å². The summed E-state index contributed by atoms with van der Waals surface area (Å²) in [5.74, 6) is -0.637. The van der Waals surface area contributed by atoms with Crippen molar-refractivity contribution in [3.05, 3.63) is 107 Å². The molecule has 4 N–H and O–H groups in total. The van der Waals surface area contributed by atoms with Crippen molar-refractivity contribution >= 4 is 43.2 Å². The maximum Gasteiger partial charge on any atom is 0.269 e. The number of sulfonamides is 2. The van der Waals surface area contributed by atoms with Gasteiger partial charge in [-0.05, 0) is 80.1 Å². The molecule has 0 radical (unpaired) electrons. The fourth-order valence-corrected chi connectivity index (χ4v) is 6.54. The highest BCUT2D eigenvalue weighted by Gasteiger charge is 2.21. The summed E-state index contributed by atoms with van der Waals surface area (Å²) >= 11 is 0. The largest absolute Gasteiger partial charge is 0.486 e. The zero-order valence-electron chi connectivity index (χ0n) is 23.6. The average Bonchev–Trinajstić information content (AvgIpc) is 3.01. The Morgan fingerprint density at radius 1 is 0.636 bits per heavy atom. The van der Waals surface area contributed by atoms with Crippen LogP contribution in [0.1, 0.15) is 31.8 Å². The van der Waals surface area contributed by atoms with Crippen molar-refractivity contribution in [3.63, 3.8) is 0 Å². The molecule has 1 heterocycles. The Morgan fingerprint density at radius 3 is 1.98 bits per heavy atom. The summed E-state index contributed by atoms with van der Waals surface area (Å²) in [5.41, 5.74) is 6.99. The van der Waals surface area contributed by atoms with E-state index < -0.39 is 31.9 Å². The molecular weight excluding hydrogens is 608 g/mol. The molecule has 4 aromatic carbocycles. The standard InChI is InChI=1S/C30H28N4O8S2/c1-19-6-12-26(20(2)16-19)34-44(39,40)24-5-3-4-22(17-24)30(36)32-31-29(35)21-7-9-23(10-8-21)33-43(37,38)25-11-13-27-28(18-25)42-15-14-41-27/h3-13,16-18,33-34H,14-15H2,1-2H3,(H,31,35)(H,32,36). The van der Waals surface area contributed by atoms with Crippen LogP contribution in [0.5, 0.6) is 11.5 Å². The summed E-state index contributed by atoms with van der Waals surface area (Å²) in [5, 5.41) is 0. The highest BCUT2D eigenvalue weighted by Crippen LogP contribution is 2.32. The van der Waals surface area contributed by atoms with Gasteiger partial charge < -0.3 is 9.47 Å². The van der Waals surface area contributed by atoms with Gasteiger partial charge in [-0.25, -0.2) is 16.8 Å². The molecule has 4 aromatic rings. The first kappa shape index (κ1) is 30.4. The topological polar surface area (TPSA) is 169 Å². The molecule has 0 aliphatic carbocycles. The molecule has 0 atom stereocenters. The average molecular weight is 637 g/mol. The molecule has 0 unspecified atom stereocenters. The van der Waals surface area contributed by atoms with Gasteiger partial charge in [-0.2, -0.15) is 0 Å². The summed E-state index contributed by atoms with van der Waals surface area (Å²) in [6.45, 7) is 4.38. The lowest BCUT2D eigenvalue weighted by molar-refractivity contribution is 0.0846. The molecule has 0 fully saturated rings. The molecule has 0 spiro atoms. The summed E-state index contributed by atoms with van der Waals surface area (Å²) in [6, 6.07) is 20.5. The molecule has 228 valence electrons. The second-order valence-electron chi connectivity index (χ2n) is 9.85. The first-order valence-corrected chi connectivity index (χ1v) is 16.2. The van der Waals surface area contributed by atoms with E-state index in [1.807, 2.05) is 13.0 Å². The lowest BCUT2D eigenvalue weighted by Crippen LogP contribution is -2.41. The maximum absolute atomic E-state index is 13.0. The smallest absolute Gasteiger partial charge is 0.269 e. The molecule has 1 aliphatic rings. The van der Waals surface area contributed by atoms with Gasteiger partial charge in [0, 0.05) is 22.9 Å². The first-order chi connectivity index (χ1) is 20.9. The maximum atomic E-state index is 13.0. The Hall–Kier alpha value is -5.08. The monoisotopic (exact) mass is 636 g/mol. The quantitative estimate of drug-likeness (QED) is 0.212. The molecule has 0 bridgehead atoms. The van der Waals surface area contributed by atoms with E-state index in [0.29, 0.717) is 30.4 Å². The van der Waals surface area contributed by atoms with Crippen molar-refractivity contribution in [1.82, 2.24) is 10.9 Å². The Balaban J connectivity index is 1.19. The second kappa shape index (κ2) is 12.3. The van der Waals surface area contributed by atoms with Gasteiger partial charge in [0.05, 0.1) is 15.5 Å². The van der Waals surface area contributed by atoms with Crippen LogP contribution in [-0.4, -0.2) is 41.9 Å². The molecule has 0 saturated carbocycles. The zero-order valence-corrected chi connectivity index (χ0v) is 25.2. The number of fused-ring (bicyclic) bond motifs is 1. The fourth-order valence-electron chi connectivity index (χ4n) is 4.29. The lowest BCUT2D eigenvalue weighted by Gasteiger charge is -2.19. The van der Waals surface area contributed by atoms with Crippen molar-refractivity contribution < 1.29 is 35.9 Å². The minimum absolute atomic E-state index is 0.00213. The van der Waals surface area contributed by atoms with Gasteiger partial charge in [0.1, 0.15) is 13.2 Å². The van der Waals surface area contributed by atoms with Gasteiger partial charge in [0.25, 0.3) is 31.9 Å². The van der Waals surface area contributed by atoms with Crippen molar-refractivity contribution in [2.45, 2.75) is 23.6 Å². The summed E-state index contributed by atoms with van der Waals surface area (Å²) in [6.07, 6.45) is 0. The molecule has 0 aromatic heterocycles. The number of hydrogen-bond donors (Lipinski definition) is 4. The Bertz CT molecular complexity index is 1960. The van der Waals surface area contributed by atoms with E-state index in [1.165, 1.54) is 66.7 Å². The number of hydrazine groups is 1. The van der Waals surface area contributed by atoms with Crippen LogP contribution >= 0.6 is 0 Å². The predicted molar refractivity (Wildman–Crippen MR) is 163 cm³/mol. The third-order valence-corrected chi connectivity index (χ3v) is 9.29. The number of carbonyl (C=O) groups is 2. The van der Waals surface area contributed by atoms with Crippen LogP contribution in [0, 0.1) is 13.8 Å². The minimum Gasteiger partial charge on any atom is -0.486 e. The lowest BCUT2D eigenvalue weighted by atomic mass is 10.1. The van der Waals surface area contributed by atoms with E-state index in [-0.39, 0.29) is 26.6 Å². The molecule has 5 rings (SSSR count). The van der Waals surface area contributed by atoms with Crippen LogP contribution in [0.15, 0.2) is 94.7 Å². The van der Waals surface area contributed by atoms with E-state index in [1.54, 1.807) is 19.1 Å². The van der Waals surface area contributed by atoms with Crippen LogP contribution in [0.25, 0.3) is 0 Å². The van der Waals surface area contributed by atoms with Crippen LogP contribution in [0.3, 0.4) is 0 Å². The predicted octanol–water partition coefficient (Wildman–Crippen LogP) is 3.75. The van der Waals surface area contributed by atoms with Crippen LogP contribution < -0.4 is 29.8 Å². The summed E-state index contributed by atoms with van der Waals surface area (Å²) in [4.78, 5) is 25.2. The second-order valence-corrected chi connectivity index (χ2v) is 13.2. The van der Waals surface area contributed by atoms with Crippen LogP contribution in [-0.2, 0) is 20.0 Å². The molecular formula is C30H28N4O8S2. The number of hydrogen-bond acceptors (Lipinski definition) is 8. The Kier molecular flexibility index (Phi) is 8.47. The van der Waals surface area contributed by atoms with Gasteiger partial charge in [-0.15, -0.1) is 0 Å². The van der Waals surface area contributed by atoms with E-state index in [2.05, 4.69) is 20.3 Å². The molecule has 14 heteroatoms. The molecule has 2 amide bonds.